The molecule has 0 saturated carbocycles. The molecule has 0 aliphatic carbocycles. The Labute approximate surface area is 168 Å². The average Bonchev–Trinajstić information content (AvgIpc) is 2.75. The van der Waals surface area contributed by atoms with Gasteiger partial charge in [-0.05, 0) is 42.8 Å². The molecule has 0 radical (unpaired) electrons. The minimum Gasteiger partial charge on any atom is -0.490 e. The summed E-state index contributed by atoms with van der Waals surface area (Å²) in [5, 5.41) is 2.56. The number of anilines is 1. The number of rotatable bonds is 10. The van der Waals surface area contributed by atoms with Gasteiger partial charge in [0.25, 0.3) is 5.91 Å². The van der Waals surface area contributed by atoms with E-state index >= 15 is 0 Å². The molecule has 0 heterocycles. The lowest BCUT2D eigenvalue weighted by atomic mass is 10.2. The lowest BCUT2D eigenvalue weighted by Gasteiger charge is -2.12. The number of nitrogens with one attached hydrogen (secondary N) is 1. The molecule has 8 nitrogen and oxygen atoms in total. The largest absolute Gasteiger partial charge is 0.490 e. The zero-order valence-corrected chi connectivity index (χ0v) is 16.3. The van der Waals surface area contributed by atoms with Crippen LogP contribution >= 0.6 is 0 Å². The zero-order chi connectivity index (χ0) is 21.1. The third-order valence-corrected chi connectivity index (χ3v) is 3.61. The summed E-state index contributed by atoms with van der Waals surface area (Å²) in [6.45, 7) is 1.70. The number of amides is 1. The lowest BCUT2D eigenvalue weighted by molar-refractivity contribution is -0.149. The quantitative estimate of drug-likeness (QED) is 0.611. The molecule has 2 aromatic carbocycles. The van der Waals surface area contributed by atoms with Gasteiger partial charge in [0.15, 0.2) is 24.7 Å². The number of para-hydroxylation sites is 2. The number of hydrogen-bond donors (Lipinski definition) is 1. The molecule has 154 valence electrons. The second-order valence-electron chi connectivity index (χ2n) is 5.86. The summed E-state index contributed by atoms with van der Waals surface area (Å²) in [4.78, 5) is 35.1. The molecule has 1 N–H and O–H groups in total. The Balaban J connectivity index is 1.76. The van der Waals surface area contributed by atoms with Crippen molar-refractivity contribution in [3.8, 4) is 11.5 Å². The first-order valence-electron chi connectivity index (χ1n) is 9.02. The first-order valence-corrected chi connectivity index (χ1v) is 9.02. The Kier molecular flexibility index (Phi) is 8.50. The normalized spacial score (nSPS) is 10.0. The van der Waals surface area contributed by atoms with Crippen molar-refractivity contribution in [2.75, 3.05) is 32.2 Å². The van der Waals surface area contributed by atoms with Gasteiger partial charge in [0, 0.05) is 5.69 Å². The third-order valence-electron chi connectivity index (χ3n) is 3.61. The predicted octanol–water partition coefficient (Wildman–Crippen LogP) is 2.82. The van der Waals surface area contributed by atoms with Crippen molar-refractivity contribution >= 4 is 23.5 Å². The molecule has 8 heteroatoms. The first kappa shape index (κ1) is 21.7. The van der Waals surface area contributed by atoms with Gasteiger partial charge in [-0.2, -0.15) is 0 Å². The number of hydrogen-bond acceptors (Lipinski definition) is 7. The fraction of sp³-hybridized carbons (Fsp3) is 0.286. The van der Waals surface area contributed by atoms with Crippen LogP contribution in [-0.2, 0) is 19.1 Å². The monoisotopic (exact) mass is 401 g/mol. The van der Waals surface area contributed by atoms with E-state index in [4.69, 9.17) is 14.2 Å². The van der Waals surface area contributed by atoms with Gasteiger partial charge in [0.1, 0.15) is 0 Å². The second-order valence-corrected chi connectivity index (χ2v) is 5.86. The summed E-state index contributed by atoms with van der Waals surface area (Å²) in [6.07, 6.45) is 0.844. The predicted molar refractivity (Wildman–Crippen MR) is 105 cm³/mol. The number of carbonyl (C=O) groups excluding carboxylic acids is 3. The van der Waals surface area contributed by atoms with Crippen LogP contribution in [0.4, 0.5) is 5.69 Å². The van der Waals surface area contributed by atoms with Crippen molar-refractivity contribution in [2.45, 2.75) is 13.3 Å². The third kappa shape index (κ3) is 7.17. The molecule has 0 aromatic heterocycles. The molecule has 0 fully saturated rings. The molecule has 0 bridgehead atoms. The van der Waals surface area contributed by atoms with Crippen LogP contribution in [0.3, 0.4) is 0 Å². The molecule has 0 aliphatic heterocycles. The number of carbonyl (C=O) groups is 3. The van der Waals surface area contributed by atoms with Crippen molar-refractivity contribution in [1.82, 2.24) is 0 Å². The van der Waals surface area contributed by atoms with Gasteiger partial charge >= 0.3 is 11.9 Å². The summed E-state index contributed by atoms with van der Waals surface area (Å²) in [5.74, 6) is -0.718. The summed E-state index contributed by atoms with van der Waals surface area (Å²) in [7, 11) is 1.28. The number of benzene rings is 2. The highest BCUT2D eigenvalue weighted by Crippen LogP contribution is 2.26. The maximum absolute atomic E-state index is 11.9. The van der Waals surface area contributed by atoms with E-state index in [1.165, 1.54) is 19.2 Å². The molecule has 0 saturated heterocycles. The summed E-state index contributed by atoms with van der Waals surface area (Å²) in [6, 6.07) is 13.1. The van der Waals surface area contributed by atoms with Crippen molar-refractivity contribution in [3.05, 3.63) is 54.1 Å². The van der Waals surface area contributed by atoms with E-state index in [9.17, 15) is 14.4 Å². The summed E-state index contributed by atoms with van der Waals surface area (Å²) < 4.78 is 20.5. The Morgan fingerprint density at radius 2 is 1.55 bits per heavy atom. The molecule has 0 unspecified atom stereocenters. The maximum atomic E-state index is 11.9. The Bertz CT molecular complexity index is 833. The minimum atomic E-state index is -0.688. The fourth-order valence-corrected chi connectivity index (χ4v) is 2.23. The van der Waals surface area contributed by atoms with E-state index in [1.807, 2.05) is 6.92 Å². The first-order chi connectivity index (χ1) is 14.0. The molecule has 0 atom stereocenters. The van der Waals surface area contributed by atoms with Crippen LogP contribution < -0.4 is 14.8 Å². The number of esters is 2. The van der Waals surface area contributed by atoms with E-state index in [1.54, 1.807) is 36.4 Å². The molecular formula is C21H23NO7. The topological polar surface area (TPSA) is 100 Å². The van der Waals surface area contributed by atoms with Gasteiger partial charge in [0.05, 0.1) is 19.3 Å². The van der Waals surface area contributed by atoms with Gasteiger partial charge in [0.2, 0.25) is 0 Å². The van der Waals surface area contributed by atoms with Crippen LogP contribution in [0.2, 0.25) is 0 Å². The van der Waals surface area contributed by atoms with E-state index in [2.05, 4.69) is 10.1 Å². The number of ether oxygens (including phenoxy) is 4. The average molecular weight is 401 g/mol. The molecule has 0 aliphatic rings. The highest BCUT2D eigenvalue weighted by molar-refractivity contribution is 5.94. The standard InChI is InChI=1S/C21H23NO7/c1-3-12-27-17-6-4-5-7-18(17)28-14-20(24)29-13-19(23)22-16-10-8-15(9-11-16)21(25)26-2/h4-11H,3,12-14H2,1-2H3,(H,22,23). The second kappa shape index (κ2) is 11.3. The van der Waals surface area contributed by atoms with Crippen LogP contribution in [0.1, 0.15) is 23.7 Å². The van der Waals surface area contributed by atoms with Crippen LogP contribution in [0.25, 0.3) is 0 Å². The van der Waals surface area contributed by atoms with Gasteiger partial charge in [-0.3, -0.25) is 4.79 Å². The lowest BCUT2D eigenvalue weighted by Crippen LogP contribution is -2.23. The van der Waals surface area contributed by atoms with Gasteiger partial charge in [-0.15, -0.1) is 0 Å². The van der Waals surface area contributed by atoms with Crippen LogP contribution in [-0.4, -0.2) is 44.8 Å². The van der Waals surface area contributed by atoms with E-state index in [0.717, 1.165) is 6.42 Å². The Morgan fingerprint density at radius 1 is 0.897 bits per heavy atom. The van der Waals surface area contributed by atoms with Crippen LogP contribution in [0, 0.1) is 0 Å². The molecule has 0 spiro atoms. The van der Waals surface area contributed by atoms with Crippen molar-refractivity contribution in [1.29, 1.82) is 0 Å². The maximum Gasteiger partial charge on any atom is 0.344 e. The van der Waals surface area contributed by atoms with Gasteiger partial charge in [-0.25, -0.2) is 9.59 Å². The van der Waals surface area contributed by atoms with Crippen molar-refractivity contribution in [3.63, 3.8) is 0 Å². The summed E-state index contributed by atoms with van der Waals surface area (Å²) >= 11 is 0. The Morgan fingerprint density at radius 3 is 2.17 bits per heavy atom. The molecular weight excluding hydrogens is 378 g/mol. The Hall–Kier alpha value is -3.55. The zero-order valence-electron chi connectivity index (χ0n) is 16.3. The summed E-state index contributed by atoms with van der Waals surface area (Å²) in [5.41, 5.74) is 0.814. The van der Waals surface area contributed by atoms with Gasteiger partial charge < -0.3 is 24.3 Å². The molecule has 1 amide bonds. The highest BCUT2D eigenvalue weighted by atomic mass is 16.6. The van der Waals surface area contributed by atoms with Crippen LogP contribution in [0.5, 0.6) is 11.5 Å². The van der Waals surface area contributed by atoms with Crippen LogP contribution in [0.15, 0.2) is 48.5 Å². The van der Waals surface area contributed by atoms with Crippen molar-refractivity contribution < 1.29 is 33.3 Å². The molecule has 29 heavy (non-hydrogen) atoms. The van der Waals surface area contributed by atoms with E-state index in [-0.39, 0.29) is 6.61 Å². The van der Waals surface area contributed by atoms with Crippen molar-refractivity contribution in [2.24, 2.45) is 0 Å². The van der Waals surface area contributed by atoms with E-state index < -0.39 is 24.5 Å². The smallest absolute Gasteiger partial charge is 0.344 e. The molecule has 2 rings (SSSR count). The fourth-order valence-electron chi connectivity index (χ4n) is 2.23. The van der Waals surface area contributed by atoms with E-state index in [0.29, 0.717) is 29.4 Å². The highest BCUT2D eigenvalue weighted by Gasteiger charge is 2.11. The van der Waals surface area contributed by atoms with Gasteiger partial charge in [-0.1, -0.05) is 19.1 Å². The SMILES string of the molecule is CCCOc1ccccc1OCC(=O)OCC(=O)Nc1ccc(C(=O)OC)cc1. The molecule has 2 aromatic rings. The number of methoxy groups -OCH3 is 1. The minimum absolute atomic E-state index is 0.354.